The van der Waals surface area contributed by atoms with Gasteiger partial charge in [-0.2, -0.15) is 0 Å². The molecule has 0 aliphatic heterocycles. The van der Waals surface area contributed by atoms with E-state index < -0.39 is 11.2 Å². The first-order valence-corrected chi connectivity index (χ1v) is 9.35. The average molecular weight is 394 g/mol. The summed E-state index contributed by atoms with van der Waals surface area (Å²) in [6, 6.07) is 17.2. The van der Waals surface area contributed by atoms with Crippen molar-refractivity contribution >= 4 is 29.3 Å². The van der Waals surface area contributed by atoms with Crippen LogP contribution in [-0.4, -0.2) is 27.0 Å². The molecule has 1 aromatic heterocycles. The van der Waals surface area contributed by atoms with E-state index in [1.54, 1.807) is 25.1 Å². The number of benzene rings is 2. The molecule has 1 atom stereocenters. The molecule has 2 aromatic carbocycles. The maximum absolute atomic E-state index is 12.5. The molecule has 8 heteroatoms. The van der Waals surface area contributed by atoms with Crippen LogP contribution in [0.2, 0.25) is 0 Å². The van der Waals surface area contributed by atoms with Crippen LogP contribution in [0.15, 0.2) is 70.6 Å². The maximum Gasteiger partial charge on any atom is 0.252 e. The number of aromatic amines is 1. The van der Waals surface area contributed by atoms with E-state index in [2.05, 4.69) is 15.3 Å². The second kappa shape index (κ2) is 8.53. The van der Waals surface area contributed by atoms with Gasteiger partial charge in [0.15, 0.2) is 5.16 Å². The minimum absolute atomic E-state index is 0.227. The van der Waals surface area contributed by atoms with E-state index in [1.165, 1.54) is 12.1 Å². The molecule has 0 bridgehead atoms. The highest BCUT2D eigenvalue weighted by Gasteiger charge is 2.18. The lowest BCUT2D eigenvalue weighted by atomic mass is 10.1. The molecular formula is C20H18N4O3S. The Labute approximate surface area is 165 Å². The Morgan fingerprint density at radius 2 is 1.79 bits per heavy atom. The van der Waals surface area contributed by atoms with Crippen LogP contribution in [0.4, 0.5) is 5.69 Å². The molecule has 4 N–H and O–H groups in total. The van der Waals surface area contributed by atoms with Gasteiger partial charge >= 0.3 is 0 Å². The van der Waals surface area contributed by atoms with Crippen LogP contribution in [-0.2, 0) is 4.79 Å². The molecule has 0 radical (unpaired) electrons. The lowest BCUT2D eigenvalue weighted by Gasteiger charge is -2.13. The lowest BCUT2D eigenvalue weighted by molar-refractivity contribution is -0.115. The highest BCUT2D eigenvalue weighted by Crippen LogP contribution is 2.23. The smallest absolute Gasteiger partial charge is 0.252 e. The molecule has 28 heavy (non-hydrogen) atoms. The number of para-hydroxylation sites is 1. The molecule has 3 aromatic rings. The van der Waals surface area contributed by atoms with Gasteiger partial charge in [0, 0.05) is 11.6 Å². The minimum atomic E-state index is -0.627. The summed E-state index contributed by atoms with van der Waals surface area (Å²) in [7, 11) is 0. The summed E-state index contributed by atoms with van der Waals surface area (Å²) >= 11 is 1.11. The van der Waals surface area contributed by atoms with Gasteiger partial charge in [-0.05, 0) is 19.1 Å². The van der Waals surface area contributed by atoms with E-state index in [-0.39, 0.29) is 17.0 Å². The normalized spacial score (nSPS) is 11.6. The largest absolute Gasteiger partial charge is 0.366 e. The predicted molar refractivity (Wildman–Crippen MR) is 109 cm³/mol. The van der Waals surface area contributed by atoms with Gasteiger partial charge in [0.05, 0.1) is 22.2 Å². The van der Waals surface area contributed by atoms with E-state index >= 15 is 0 Å². The van der Waals surface area contributed by atoms with E-state index in [0.717, 1.165) is 17.3 Å². The van der Waals surface area contributed by atoms with E-state index in [4.69, 9.17) is 5.73 Å². The number of anilines is 1. The standard InChI is InChI=1S/C20H18N4O3S/c1-12(19(27)22-15-10-6-5-9-14(15)18(21)26)28-20-23-16(11-17(25)24-20)13-7-3-2-4-8-13/h2-12H,1H3,(H2,21,26)(H,22,27)(H,23,24,25). The van der Waals surface area contributed by atoms with Gasteiger partial charge in [0.1, 0.15) is 0 Å². The Morgan fingerprint density at radius 3 is 2.50 bits per heavy atom. The summed E-state index contributed by atoms with van der Waals surface area (Å²) in [5, 5.41) is 2.45. The maximum atomic E-state index is 12.5. The van der Waals surface area contributed by atoms with Gasteiger partial charge in [0.25, 0.3) is 11.5 Å². The van der Waals surface area contributed by atoms with Crippen molar-refractivity contribution in [1.82, 2.24) is 9.97 Å². The minimum Gasteiger partial charge on any atom is -0.366 e. The summed E-state index contributed by atoms with van der Waals surface area (Å²) in [6.07, 6.45) is 0. The SMILES string of the molecule is CC(Sc1nc(-c2ccccc2)cc(=O)[nH]1)C(=O)Nc1ccccc1C(N)=O. The molecule has 7 nitrogen and oxygen atoms in total. The second-order valence-corrected chi connectivity index (χ2v) is 7.29. The third-order valence-corrected chi connectivity index (χ3v) is 4.88. The molecule has 2 amide bonds. The van der Waals surface area contributed by atoms with Crippen molar-refractivity contribution in [3.8, 4) is 11.3 Å². The second-order valence-electron chi connectivity index (χ2n) is 5.96. The first kappa shape index (κ1) is 19.4. The summed E-state index contributed by atoms with van der Waals surface area (Å²) < 4.78 is 0. The highest BCUT2D eigenvalue weighted by atomic mass is 32.2. The summed E-state index contributed by atoms with van der Waals surface area (Å²) in [4.78, 5) is 43.1. The number of carbonyl (C=O) groups excluding carboxylic acids is 2. The first-order valence-electron chi connectivity index (χ1n) is 8.47. The number of H-pyrrole nitrogens is 1. The summed E-state index contributed by atoms with van der Waals surface area (Å²) in [5.74, 6) is -0.968. The molecule has 0 aliphatic carbocycles. The highest BCUT2D eigenvalue weighted by molar-refractivity contribution is 8.00. The van der Waals surface area contributed by atoms with Crippen LogP contribution in [0.1, 0.15) is 17.3 Å². The first-order chi connectivity index (χ1) is 13.4. The number of thioether (sulfide) groups is 1. The fourth-order valence-electron chi connectivity index (χ4n) is 2.51. The van der Waals surface area contributed by atoms with Gasteiger partial charge < -0.3 is 16.0 Å². The number of aromatic nitrogens is 2. The number of hydrogen-bond acceptors (Lipinski definition) is 5. The van der Waals surface area contributed by atoms with Gasteiger partial charge in [-0.1, -0.05) is 54.2 Å². The number of hydrogen-bond donors (Lipinski definition) is 3. The number of nitrogens with zero attached hydrogens (tertiary/aromatic N) is 1. The molecule has 0 aliphatic rings. The van der Waals surface area contributed by atoms with E-state index in [1.807, 2.05) is 30.3 Å². The third-order valence-electron chi connectivity index (χ3n) is 3.90. The van der Waals surface area contributed by atoms with Crippen LogP contribution in [0.25, 0.3) is 11.3 Å². The van der Waals surface area contributed by atoms with Crippen molar-refractivity contribution in [2.45, 2.75) is 17.3 Å². The zero-order valence-electron chi connectivity index (χ0n) is 15.0. The molecule has 142 valence electrons. The van der Waals surface area contributed by atoms with Crippen molar-refractivity contribution < 1.29 is 9.59 Å². The van der Waals surface area contributed by atoms with Crippen molar-refractivity contribution in [2.75, 3.05) is 5.32 Å². The lowest BCUT2D eigenvalue weighted by Crippen LogP contribution is -2.25. The predicted octanol–water partition coefficient (Wildman–Crippen LogP) is 2.66. The molecular weight excluding hydrogens is 376 g/mol. The van der Waals surface area contributed by atoms with Crippen LogP contribution in [0, 0.1) is 0 Å². The molecule has 3 rings (SSSR count). The monoisotopic (exact) mass is 394 g/mol. The quantitative estimate of drug-likeness (QED) is 0.439. The van der Waals surface area contributed by atoms with Crippen molar-refractivity contribution in [3.63, 3.8) is 0 Å². The molecule has 1 unspecified atom stereocenters. The van der Waals surface area contributed by atoms with Crippen LogP contribution in [0.5, 0.6) is 0 Å². The number of carbonyl (C=O) groups is 2. The average Bonchev–Trinajstić information content (AvgIpc) is 2.68. The number of primary amides is 1. The molecule has 0 saturated heterocycles. The topological polar surface area (TPSA) is 118 Å². The number of amides is 2. The zero-order valence-corrected chi connectivity index (χ0v) is 15.8. The van der Waals surface area contributed by atoms with Gasteiger partial charge in [-0.15, -0.1) is 0 Å². The van der Waals surface area contributed by atoms with Crippen molar-refractivity contribution in [3.05, 3.63) is 76.6 Å². The summed E-state index contributed by atoms with van der Waals surface area (Å²) in [6.45, 7) is 1.68. The molecule has 0 saturated carbocycles. The van der Waals surface area contributed by atoms with E-state index in [0.29, 0.717) is 16.5 Å². The molecule has 0 spiro atoms. The molecule has 0 fully saturated rings. The van der Waals surface area contributed by atoms with Crippen molar-refractivity contribution in [2.24, 2.45) is 5.73 Å². The Bertz CT molecular complexity index is 1070. The number of nitrogens with one attached hydrogen (secondary N) is 2. The Hall–Kier alpha value is -3.39. The number of rotatable bonds is 6. The Kier molecular flexibility index (Phi) is 5.90. The molecule has 1 heterocycles. The van der Waals surface area contributed by atoms with Gasteiger partial charge in [-0.3, -0.25) is 14.4 Å². The number of nitrogens with two attached hydrogens (primary N) is 1. The van der Waals surface area contributed by atoms with Crippen molar-refractivity contribution in [1.29, 1.82) is 0 Å². The third kappa shape index (κ3) is 4.66. The Balaban J connectivity index is 1.77. The van der Waals surface area contributed by atoms with Crippen LogP contribution in [0.3, 0.4) is 0 Å². The van der Waals surface area contributed by atoms with E-state index in [9.17, 15) is 14.4 Å². The zero-order chi connectivity index (χ0) is 20.1. The van der Waals surface area contributed by atoms with Gasteiger partial charge in [-0.25, -0.2) is 4.98 Å². The fourth-order valence-corrected chi connectivity index (χ4v) is 3.32. The van der Waals surface area contributed by atoms with Crippen LogP contribution < -0.4 is 16.6 Å². The fraction of sp³-hybridized carbons (Fsp3) is 0.100. The summed E-state index contributed by atoms with van der Waals surface area (Å²) in [5.41, 5.74) is 6.93. The van der Waals surface area contributed by atoms with Crippen LogP contribution >= 0.6 is 11.8 Å². The van der Waals surface area contributed by atoms with Gasteiger partial charge in [0.2, 0.25) is 5.91 Å². The Morgan fingerprint density at radius 1 is 1.11 bits per heavy atom.